The van der Waals surface area contributed by atoms with E-state index in [1.54, 1.807) is 6.20 Å². The van der Waals surface area contributed by atoms with Crippen molar-refractivity contribution in [3.05, 3.63) is 23.4 Å². The van der Waals surface area contributed by atoms with Gasteiger partial charge in [-0.15, -0.1) is 11.8 Å². The lowest BCUT2D eigenvalue weighted by Gasteiger charge is -2.04. The number of methoxy groups -OCH3 is 1. The van der Waals surface area contributed by atoms with Gasteiger partial charge in [-0.1, -0.05) is 11.6 Å². The molecule has 1 aromatic carbocycles. The summed E-state index contributed by atoms with van der Waals surface area (Å²) in [6.07, 6.45) is 2.07. The second-order valence-electron chi connectivity index (χ2n) is 3.38. The van der Waals surface area contributed by atoms with Crippen molar-refractivity contribution in [1.82, 2.24) is 10.2 Å². The Labute approximate surface area is 108 Å². The average Bonchev–Trinajstić information content (AvgIpc) is 2.81. The van der Waals surface area contributed by atoms with Crippen molar-refractivity contribution in [3.8, 4) is 0 Å². The van der Waals surface area contributed by atoms with E-state index in [2.05, 4.69) is 14.9 Å². The lowest BCUT2D eigenvalue weighted by atomic mass is 10.2. The van der Waals surface area contributed by atoms with E-state index < -0.39 is 0 Å². The van der Waals surface area contributed by atoms with E-state index in [4.69, 9.17) is 11.6 Å². The van der Waals surface area contributed by atoms with Crippen LogP contribution < -0.4 is 0 Å². The highest BCUT2D eigenvalue weighted by Gasteiger charge is 2.08. The largest absolute Gasteiger partial charge is 0.469 e. The lowest BCUT2D eigenvalue weighted by Crippen LogP contribution is -2.00. The Hall–Kier alpha value is -1.20. The minimum absolute atomic E-state index is 0.210. The van der Waals surface area contributed by atoms with Crippen molar-refractivity contribution in [2.45, 2.75) is 11.3 Å². The molecule has 0 saturated heterocycles. The Morgan fingerprint density at radius 1 is 1.59 bits per heavy atom. The third kappa shape index (κ3) is 2.73. The quantitative estimate of drug-likeness (QED) is 0.686. The van der Waals surface area contributed by atoms with Crippen LogP contribution in [0.25, 0.3) is 10.9 Å². The van der Waals surface area contributed by atoms with E-state index in [-0.39, 0.29) is 5.97 Å². The number of halogens is 1. The number of H-pyrrole nitrogens is 1. The second kappa shape index (κ2) is 5.42. The molecule has 0 atom stereocenters. The van der Waals surface area contributed by atoms with Crippen molar-refractivity contribution in [3.63, 3.8) is 0 Å². The maximum Gasteiger partial charge on any atom is 0.306 e. The molecule has 1 aromatic heterocycles. The van der Waals surface area contributed by atoms with Crippen LogP contribution in [0.4, 0.5) is 0 Å². The van der Waals surface area contributed by atoms with Gasteiger partial charge >= 0.3 is 5.97 Å². The Morgan fingerprint density at radius 2 is 2.41 bits per heavy atom. The Bertz CT molecular complexity index is 541. The van der Waals surface area contributed by atoms with Gasteiger partial charge in [-0.25, -0.2) is 0 Å². The number of rotatable bonds is 4. The van der Waals surface area contributed by atoms with Crippen LogP contribution in [0.2, 0.25) is 5.02 Å². The molecular weight excluding hydrogens is 260 g/mol. The third-order valence-corrected chi connectivity index (χ3v) is 3.89. The van der Waals surface area contributed by atoms with Gasteiger partial charge in [0.25, 0.3) is 0 Å². The highest BCUT2D eigenvalue weighted by molar-refractivity contribution is 7.99. The molecule has 1 N–H and O–H groups in total. The minimum atomic E-state index is -0.210. The number of carbonyl (C=O) groups excluding carboxylic acids is 1. The van der Waals surface area contributed by atoms with Crippen LogP contribution in [0.3, 0.4) is 0 Å². The summed E-state index contributed by atoms with van der Waals surface area (Å²) >= 11 is 7.77. The summed E-state index contributed by atoms with van der Waals surface area (Å²) in [5, 5.41) is 8.36. The number of aromatic amines is 1. The summed E-state index contributed by atoms with van der Waals surface area (Å²) in [6, 6.07) is 3.85. The molecular formula is C11H11ClN2O2S. The molecule has 0 bridgehead atoms. The van der Waals surface area contributed by atoms with Gasteiger partial charge in [0.15, 0.2) is 0 Å². The fraction of sp³-hybridized carbons (Fsp3) is 0.273. The number of esters is 1. The molecule has 0 amide bonds. The van der Waals surface area contributed by atoms with E-state index in [1.807, 2.05) is 12.1 Å². The molecule has 4 nitrogen and oxygen atoms in total. The summed E-state index contributed by atoms with van der Waals surface area (Å²) in [5.74, 6) is 0.438. The first-order chi connectivity index (χ1) is 8.22. The summed E-state index contributed by atoms with van der Waals surface area (Å²) in [7, 11) is 1.39. The van der Waals surface area contributed by atoms with Gasteiger partial charge in [-0.3, -0.25) is 9.89 Å². The number of fused-ring (bicyclic) bond motifs is 1. The van der Waals surface area contributed by atoms with E-state index >= 15 is 0 Å². The van der Waals surface area contributed by atoms with Crippen LogP contribution in [0, 0.1) is 0 Å². The smallest absolute Gasteiger partial charge is 0.306 e. The van der Waals surface area contributed by atoms with Crippen molar-refractivity contribution in [1.29, 1.82) is 0 Å². The molecule has 2 aromatic rings. The summed E-state index contributed by atoms with van der Waals surface area (Å²) < 4.78 is 4.58. The van der Waals surface area contributed by atoms with Crippen molar-refractivity contribution >= 4 is 40.2 Å². The third-order valence-electron chi connectivity index (χ3n) is 2.31. The summed E-state index contributed by atoms with van der Waals surface area (Å²) in [5.41, 5.74) is 0.910. The predicted octanol–water partition coefficient (Wildman–Crippen LogP) is 2.87. The normalized spacial score (nSPS) is 10.7. The first kappa shape index (κ1) is 12.3. The molecule has 6 heteroatoms. The van der Waals surface area contributed by atoms with Gasteiger partial charge < -0.3 is 4.74 Å². The van der Waals surface area contributed by atoms with Crippen LogP contribution in [0.1, 0.15) is 6.42 Å². The van der Waals surface area contributed by atoms with Gasteiger partial charge in [-0.2, -0.15) is 5.10 Å². The molecule has 0 spiro atoms. The Balaban J connectivity index is 2.08. The number of nitrogens with one attached hydrogen (secondary N) is 1. The van der Waals surface area contributed by atoms with Crippen LogP contribution in [-0.4, -0.2) is 29.0 Å². The number of aromatic nitrogens is 2. The summed E-state index contributed by atoms with van der Waals surface area (Å²) in [6.45, 7) is 0. The number of thioether (sulfide) groups is 1. The summed E-state index contributed by atoms with van der Waals surface area (Å²) in [4.78, 5) is 11.9. The van der Waals surface area contributed by atoms with Crippen LogP contribution in [-0.2, 0) is 9.53 Å². The molecule has 0 fully saturated rings. The standard InChI is InChI=1S/C11H11ClN2O2S/c1-16-10(15)4-5-17-9-3-2-8-7(11(9)12)6-13-14-8/h2-3,6H,4-5H2,1H3,(H,13,14). The molecule has 0 aliphatic rings. The predicted molar refractivity (Wildman–Crippen MR) is 68.5 cm³/mol. The minimum Gasteiger partial charge on any atom is -0.469 e. The van der Waals surface area contributed by atoms with E-state index in [0.717, 1.165) is 15.8 Å². The maximum atomic E-state index is 11.0. The molecule has 17 heavy (non-hydrogen) atoms. The zero-order valence-electron chi connectivity index (χ0n) is 9.20. The molecule has 0 saturated carbocycles. The van der Waals surface area contributed by atoms with Gasteiger partial charge in [-0.05, 0) is 12.1 Å². The van der Waals surface area contributed by atoms with E-state index in [0.29, 0.717) is 17.2 Å². The number of benzene rings is 1. The Morgan fingerprint density at radius 3 is 3.18 bits per heavy atom. The van der Waals surface area contributed by atoms with Gasteiger partial charge in [0, 0.05) is 16.0 Å². The highest BCUT2D eigenvalue weighted by atomic mass is 35.5. The number of carbonyl (C=O) groups is 1. The maximum absolute atomic E-state index is 11.0. The highest BCUT2D eigenvalue weighted by Crippen LogP contribution is 2.33. The number of ether oxygens (including phenoxy) is 1. The first-order valence-electron chi connectivity index (χ1n) is 5.03. The SMILES string of the molecule is COC(=O)CCSc1ccc2[nH]ncc2c1Cl. The first-order valence-corrected chi connectivity index (χ1v) is 6.40. The van der Waals surface area contributed by atoms with Crippen LogP contribution in [0.15, 0.2) is 23.2 Å². The molecule has 0 radical (unpaired) electrons. The van der Waals surface area contributed by atoms with Crippen LogP contribution >= 0.6 is 23.4 Å². The van der Waals surface area contributed by atoms with Gasteiger partial charge in [0.1, 0.15) is 0 Å². The number of hydrogen-bond acceptors (Lipinski definition) is 4. The molecule has 1 heterocycles. The van der Waals surface area contributed by atoms with E-state index in [9.17, 15) is 4.79 Å². The molecule has 2 rings (SSSR count). The molecule has 90 valence electrons. The van der Waals surface area contributed by atoms with Crippen LogP contribution in [0.5, 0.6) is 0 Å². The number of hydrogen-bond donors (Lipinski definition) is 1. The van der Waals surface area contributed by atoms with Gasteiger partial charge in [0.05, 0.1) is 30.3 Å². The topological polar surface area (TPSA) is 55.0 Å². The number of nitrogens with zero attached hydrogens (tertiary/aromatic N) is 1. The van der Waals surface area contributed by atoms with Crippen molar-refractivity contribution < 1.29 is 9.53 Å². The van der Waals surface area contributed by atoms with Crippen molar-refractivity contribution in [2.75, 3.05) is 12.9 Å². The molecule has 0 aliphatic heterocycles. The zero-order chi connectivity index (χ0) is 12.3. The monoisotopic (exact) mass is 270 g/mol. The zero-order valence-corrected chi connectivity index (χ0v) is 10.8. The second-order valence-corrected chi connectivity index (χ2v) is 4.90. The molecule has 0 aliphatic carbocycles. The van der Waals surface area contributed by atoms with Crippen molar-refractivity contribution in [2.24, 2.45) is 0 Å². The fourth-order valence-corrected chi connectivity index (χ4v) is 2.69. The Kier molecular flexibility index (Phi) is 3.91. The van der Waals surface area contributed by atoms with Gasteiger partial charge in [0.2, 0.25) is 0 Å². The lowest BCUT2D eigenvalue weighted by molar-refractivity contribution is -0.140. The molecule has 0 unspecified atom stereocenters. The fourth-order valence-electron chi connectivity index (χ4n) is 1.42. The average molecular weight is 271 g/mol. The van der Waals surface area contributed by atoms with E-state index in [1.165, 1.54) is 18.9 Å².